The van der Waals surface area contributed by atoms with Gasteiger partial charge in [-0.25, -0.2) is 0 Å². The van der Waals surface area contributed by atoms with Gasteiger partial charge in [0.05, 0.1) is 0 Å². The van der Waals surface area contributed by atoms with Crippen molar-refractivity contribution in [1.29, 1.82) is 0 Å². The van der Waals surface area contributed by atoms with Crippen LogP contribution in [0.3, 0.4) is 0 Å². The number of rotatable bonds is 6. The van der Waals surface area contributed by atoms with Crippen LogP contribution in [0.15, 0.2) is 0 Å². The molecule has 2 nitrogen and oxygen atoms in total. The zero-order valence-corrected chi connectivity index (χ0v) is 11.6. The Labute approximate surface area is 102 Å². The normalized spacial score (nSPS) is 28.3. The van der Waals surface area contributed by atoms with E-state index in [1.807, 2.05) is 0 Å². The van der Waals surface area contributed by atoms with E-state index in [4.69, 9.17) is 0 Å². The first-order valence-electron chi connectivity index (χ1n) is 7.10. The third-order valence-electron chi connectivity index (χ3n) is 4.11. The van der Waals surface area contributed by atoms with Crippen LogP contribution in [0.5, 0.6) is 0 Å². The molecule has 1 aliphatic carbocycles. The highest BCUT2D eigenvalue weighted by Gasteiger charge is 2.23. The fourth-order valence-corrected chi connectivity index (χ4v) is 2.78. The van der Waals surface area contributed by atoms with E-state index in [1.165, 1.54) is 38.6 Å². The Morgan fingerprint density at radius 2 is 1.81 bits per heavy atom. The van der Waals surface area contributed by atoms with Gasteiger partial charge < -0.3 is 10.2 Å². The van der Waals surface area contributed by atoms with E-state index in [-0.39, 0.29) is 0 Å². The van der Waals surface area contributed by atoms with Crippen molar-refractivity contribution >= 4 is 0 Å². The van der Waals surface area contributed by atoms with Crippen LogP contribution in [0.4, 0.5) is 0 Å². The van der Waals surface area contributed by atoms with Crippen LogP contribution < -0.4 is 5.32 Å². The molecule has 0 aromatic rings. The van der Waals surface area contributed by atoms with Crippen molar-refractivity contribution in [2.24, 2.45) is 5.92 Å². The van der Waals surface area contributed by atoms with Gasteiger partial charge >= 0.3 is 0 Å². The van der Waals surface area contributed by atoms with Crippen molar-refractivity contribution in [3.05, 3.63) is 0 Å². The summed E-state index contributed by atoms with van der Waals surface area (Å²) in [5, 5.41) is 3.58. The SMILES string of the molecule is CCNC1CCC(N(C)CC(C)CC)CC1. The van der Waals surface area contributed by atoms with Gasteiger partial charge in [-0.2, -0.15) is 0 Å². The lowest BCUT2D eigenvalue weighted by Gasteiger charge is -2.36. The van der Waals surface area contributed by atoms with Gasteiger partial charge in [-0.05, 0) is 45.2 Å². The fourth-order valence-electron chi connectivity index (χ4n) is 2.78. The molecule has 1 N–H and O–H groups in total. The molecule has 96 valence electrons. The van der Waals surface area contributed by atoms with Crippen LogP contribution in [-0.2, 0) is 0 Å². The molecule has 0 spiro atoms. The highest BCUT2D eigenvalue weighted by Crippen LogP contribution is 2.23. The van der Waals surface area contributed by atoms with Gasteiger partial charge in [-0.1, -0.05) is 27.2 Å². The van der Waals surface area contributed by atoms with E-state index in [0.29, 0.717) is 0 Å². The second kappa shape index (κ2) is 7.29. The summed E-state index contributed by atoms with van der Waals surface area (Å²) in [7, 11) is 2.31. The predicted octanol–water partition coefficient (Wildman–Crippen LogP) is 2.89. The topological polar surface area (TPSA) is 15.3 Å². The molecule has 0 heterocycles. The standard InChI is InChI=1S/C14H30N2/c1-5-12(3)11-16(4)14-9-7-13(8-10-14)15-6-2/h12-15H,5-11H2,1-4H3. The van der Waals surface area contributed by atoms with Crippen molar-refractivity contribution in [1.82, 2.24) is 10.2 Å². The molecule has 1 fully saturated rings. The third-order valence-corrected chi connectivity index (χ3v) is 4.11. The van der Waals surface area contributed by atoms with Crippen molar-refractivity contribution in [3.8, 4) is 0 Å². The molecule has 0 aliphatic heterocycles. The van der Waals surface area contributed by atoms with Gasteiger partial charge in [0.1, 0.15) is 0 Å². The minimum atomic E-state index is 0.790. The van der Waals surface area contributed by atoms with Gasteiger partial charge in [0.25, 0.3) is 0 Å². The maximum absolute atomic E-state index is 3.58. The van der Waals surface area contributed by atoms with E-state index in [2.05, 4.69) is 38.0 Å². The molecule has 0 radical (unpaired) electrons. The molecule has 1 saturated carbocycles. The molecule has 1 atom stereocenters. The van der Waals surface area contributed by atoms with E-state index in [1.54, 1.807) is 0 Å². The molecular weight excluding hydrogens is 196 g/mol. The summed E-state index contributed by atoms with van der Waals surface area (Å²) in [5.74, 6) is 0.844. The van der Waals surface area contributed by atoms with Crippen LogP contribution in [0.2, 0.25) is 0 Å². The largest absolute Gasteiger partial charge is 0.314 e. The van der Waals surface area contributed by atoms with Crippen molar-refractivity contribution in [2.75, 3.05) is 20.1 Å². The zero-order chi connectivity index (χ0) is 12.0. The first-order valence-corrected chi connectivity index (χ1v) is 7.10. The average Bonchev–Trinajstić information content (AvgIpc) is 2.30. The number of nitrogens with one attached hydrogen (secondary N) is 1. The first-order chi connectivity index (χ1) is 7.67. The minimum Gasteiger partial charge on any atom is -0.314 e. The maximum atomic E-state index is 3.58. The van der Waals surface area contributed by atoms with E-state index in [0.717, 1.165) is 24.5 Å². The Hall–Kier alpha value is -0.0800. The smallest absolute Gasteiger partial charge is 0.00934 e. The van der Waals surface area contributed by atoms with Crippen LogP contribution in [0.1, 0.15) is 52.9 Å². The molecule has 2 heteroatoms. The van der Waals surface area contributed by atoms with Crippen LogP contribution in [0, 0.1) is 5.92 Å². The zero-order valence-electron chi connectivity index (χ0n) is 11.6. The first kappa shape index (κ1) is 14.0. The molecule has 0 aromatic heterocycles. The summed E-state index contributed by atoms with van der Waals surface area (Å²) < 4.78 is 0. The number of hydrogen-bond donors (Lipinski definition) is 1. The second-order valence-electron chi connectivity index (χ2n) is 5.52. The Morgan fingerprint density at radius 1 is 1.19 bits per heavy atom. The molecule has 1 unspecified atom stereocenters. The van der Waals surface area contributed by atoms with Crippen molar-refractivity contribution < 1.29 is 0 Å². The summed E-state index contributed by atoms with van der Waals surface area (Å²) in [6, 6.07) is 1.63. The maximum Gasteiger partial charge on any atom is 0.00934 e. The van der Waals surface area contributed by atoms with Crippen LogP contribution in [-0.4, -0.2) is 37.1 Å². The van der Waals surface area contributed by atoms with Gasteiger partial charge in [-0.15, -0.1) is 0 Å². The van der Waals surface area contributed by atoms with Gasteiger partial charge in [-0.3, -0.25) is 0 Å². The molecule has 0 aromatic carbocycles. The third kappa shape index (κ3) is 4.42. The molecule has 1 aliphatic rings. The molecule has 16 heavy (non-hydrogen) atoms. The van der Waals surface area contributed by atoms with E-state index in [9.17, 15) is 0 Å². The van der Waals surface area contributed by atoms with E-state index >= 15 is 0 Å². The monoisotopic (exact) mass is 226 g/mol. The summed E-state index contributed by atoms with van der Waals surface area (Å²) >= 11 is 0. The second-order valence-corrected chi connectivity index (χ2v) is 5.52. The summed E-state index contributed by atoms with van der Waals surface area (Å²) in [6.45, 7) is 9.26. The van der Waals surface area contributed by atoms with E-state index < -0.39 is 0 Å². The Kier molecular flexibility index (Phi) is 6.37. The molecular formula is C14H30N2. The Balaban J connectivity index is 2.24. The number of nitrogens with zero attached hydrogens (tertiary/aromatic N) is 1. The highest BCUT2D eigenvalue weighted by atomic mass is 15.1. The minimum absolute atomic E-state index is 0.790. The van der Waals surface area contributed by atoms with Crippen molar-refractivity contribution in [2.45, 2.75) is 65.0 Å². The van der Waals surface area contributed by atoms with Crippen LogP contribution >= 0.6 is 0 Å². The lowest BCUT2D eigenvalue weighted by molar-refractivity contribution is 0.155. The van der Waals surface area contributed by atoms with Crippen LogP contribution in [0.25, 0.3) is 0 Å². The number of hydrogen-bond acceptors (Lipinski definition) is 2. The Morgan fingerprint density at radius 3 is 2.31 bits per heavy atom. The summed E-state index contributed by atoms with van der Waals surface area (Å²) in [4.78, 5) is 2.59. The Bertz CT molecular complexity index is 174. The van der Waals surface area contributed by atoms with Gasteiger partial charge in [0.2, 0.25) is 0 Å². The van der Waals surface area contributed by atoms with Gasteiger partial charge in [0.15, 0.2) is 0 Å². The lowest BCUT2D eigenvalue weighted by Crippen LogP contribution is -2.42. The fraction of sp³-hybridized carbons (Fsp3) is 1.00. The predicted molar refractivity (Wildman–Crippen MR) is 71.8 cm³/mol. The van der Waals surface area contributed by atoms with Gasteiger partial charge in [0, 0.05) is 18.6 Å². The average molecular weight is 226 g/mol. The summed E-state index contributed by atoms with van der Waals surface area (Å²) in [6.07, 6.45) is 6.79. The molecule has 1 rings (SSSR count). The molecule has 0 amide bonds. The van der Waals surface area contributed by atoms with Crippen molar-refractivity contribution in [3.63, 3.8) is 0 Å². The lowest BCUT2D eigenvalue weighted by atomic mass is 9.90. The quantitative estimate of drug-likeness (QED) is 0.749. The highest BCUT2D eigenvalue weighted by molar-refractivity contribution is 4.81. The molecule has 0 bridgehead atoms. The molecule has 0 saturated heterocycles. The summed E-state index contributed by atoms with van der Waals surface area (Å²) in [5.41, 5.74) is 0.